The van der Waals surface area contributed by atoms with Gasteiger partial charge in [-0.1, -0.05) is 28.4 Å². The van der Waals surface area contributed by atoms with Crippen molar-refractivity contribution >= 4 is 21.8 Å². The van der Waals surface area contributed by atoms with Crippen molar-refractivity contribution in [1.29, 1.82) is 0 Å². The van der Waals surface area contributed by atoms with Crippen molar-refractivity contribution in [3.05, 3.63) is 34.3 Å². The highest BCUT2D eigenvalue weighted by Gasteiger charge is 2.35. The molecule has 2 heterocycles. The topological polar surface area (TPSA) is 23.6 Å². The van der Waals surface area contributed by atoms with Crippen LogP contribution in [0.3, 0.4) is 0 Å². The number of piperazine rings is 1. The molecule has 20 heavy (non-hydrogen) atoms. The second-order valence-corrected chi connectivity index (χ2v) is 6.88. The van der Waals surface area contributed by atoms with Gasteiger partial charge in [-0.3, -0.25) is 9.69 Å². The van der Waals surface area contributed by atoms with Crippen LogP contribution in [0.2, 0.25) is 0 Å². The summed E-state index contributed by atoms with van der Waals surface area (Å²) in [6.45, 7) is 5.27. The molecule has 0 radical (unpaired) electrons. The molecule has 2 atom stereocenters. The molecule has 3 nitrogen and oxygen atoms in total. The highest BCUT2D eigenvalue weighted by atomic mass is 79.9. The summed E-state index contributed by atoms with van der Waals surface area (Å²) in [7, 11) is 0. The molecule has 108 valence electrons. The second kappa shape index (κ2) is 5.86. The Bertz CT molecular complexity index is 505. The van der Waals surface area contributed by atoms with Crippen molar-refractivity contribution in [2.75, 3.05) is 19.6 Å². The third-order valence-corrected chi connectivity index (χ3v) is 5.01. The van der Waals surface area contributed by atoms with Crippen molar-refractivity contribution in [2.45, 2.75) is 38.3 Å². The van der Waals surface area contributed by atoms with E-state index in [4.69, 9.17) is 0 Å². The van der Waals surface area contributed by atoms with Crippen LogP contribution in [-0.2, 0) is 0 Å². The summed E-state index contributed by atoms with van der Waals surface area (Å²) in [5.74, 6) is 0.170. The first-order valence-corrected chi connectivity index (χ1v) is 8.25. The van der Waals surface area contributed by atoms with Gasteiger partial charge in [0.2, 0.25) is 0 Å². The SMILES string of the molecule is CC1CN2CCCCC2CN1C(=O)c1cccc(Br)c1. The zero-order valence-electron chi connectivity index (χ0n) is 11.9. The number of fused-ring (bicyclic) bond motifs is 1. The quantitative estimate of drug-likeness (QED) is 0.786. The summed E-state index contributed by atoms with van der Waals surface area (Å²) in [4.78, 5) is 17.4. The average molecular weight is 337 g/mol. The van der Waals surface area contributed by atoms with Gasteiger partial charge in [0.25, 0.3) is 5.91 Å². The van der Waals surface area contributed by atoms with E-state index in [1.807, 2.05) is 24.3 Å². The van der Waals surface area contributed by atoms with Crippen LogP contribution in [0.25, 0.3) is 0 Å². The molecule has 0 bridgehead atoms. The van der Waals surface area contributed by atoms with Gasteiger partial charge < -0.3 is 4.90 Å². The molecule has 0 N–H and O–H groups in total. The van der Waals surface area contributed by atoms with Crippen LogP contribution in [0.5, 0.6) is 0 Å². The zero-order valence-corrected chi connectivity index (χ0v) is 13.5. The predicted molar refractivity (Wildman–Crippen MR) is 83.9 cm³/mol. The van der Waals surface area contributed by atoms with E-state index >= 15 is 0 Å². The molecular weight excluding hydrogens is 316 g/mol. The standard InChI is InChI=1S/C16H21BrN2O/c1-12-10-18-8-3-2-7-15(18)11-19(12)16(20)13-5-4-6-14(17)9-13/h4-6,9,12,15H,2-3,7-8,10-11H2,1H3. The van der Waals surface area contributed by atoms with Gasteiger partial charge in [0.05, 0.1) is 0 Å². The number of hydrogen-bond acceptors (Lipinski definition) is 2. The highest BCUT2D eigenvalue weighted by molar-refractivity contribution is 9.10. The van der Waals surface area contributed by atoms with E-state index in [0.717, 1.165) is 23.1 Å². The Labute approximate surface area is 129 Å². The normalized spacial score (nSPS) is 27.2. The maximum Gasteiger partial charge on any atom is 0.254 e. The average Bonchev–Trinajstić information content (AvgIpc) is 2.46. The smallest absolute Gasteiger partial charge is 0.254 e. The summed E-state index contributed by atoms with van der Waals surface area (Å²) >= 11 is 3.45. The molecule has 3 rings (SSSR count). The molecule has 2 fully saturated rings. The Morgan fingerprint density at radius 1 is 1.30 bits per heavy atom. The monoisotopic (exact) mass is 336 g/mol. The lowest BCUT2D eigenvalue weighted by molar-refractivity contribution is 0.0151. The number of rotatable bonds is 1. The number of carbonyl (C=O) groups excluding carboxylic acids is 1. The van der Waals surface area contributed by atoms with Crippen molar-refractivity contribution < 1.29 is 4.79 Å². The highest BCUT2D eigenvalue weighted by Crippen LogP contribution is 2.25. The summed E-state index contributed by atoms with van der Waals surface area (Å²) in [5.41, 5.74) is 0.787. The van der Waals surface area contributed by atoms with E-state index < -0.39 is 0 Å². The Kier molecular flexibility index (Phi) is 4.13. The van der Waals surface area contributed by atoms with Crippen LogP contribution >= 0.6 is 15.9 Å². The van der Waals surface area contributed by atoms with Crippen LogP contribution in [-0.4, -0.2) is 47.4 Å². The van der Waals surface area contributed by atoms with E-state index in [1.165, 1.54) is 25.8 Å². The lowest BCUT2D eigenvalue weighted by Crippen LogP contribution is -2.60. The molecule has 0 spiro atoms. The summed E-state index contributed by atoms with van der Waals surface area (Å²) < 4.78 is 0.965. The summed E-state index contributed by atoms with van der Waals surface area (Å²) in [6.07, 6.45) is 3.84. The molecule has 4 heteroatoms. The minimum absolute atomic E-state index is 0.170. The number of carbonyl (C=O) groups is 1. The van der Waals surface area contributed by atoms with Crippen LogP contribution in [0.4, 0.5) is 0 Å². The Morgan fingerprint density at radius 3 is 2.95 bits per heavy atom. The number of piperidine rings is 1. The Balaban J connectivity index is 1.77. The third kappa shape index (κ3) is 2.77. The Morgan fingerprint density at radius 2 is 2.15 bits per heavy atom. The van der Waals surface area contributed by atoms with Crippen molar-refractivity contribution in [2.24, 2.45) is 0 Å². The lowest BCUT2D eigenvalue weighted by atomic mass is 9.96. The van der Waals surface area contributed by atoms with E-state index in [1.54, 1.807) is 0 Å². The van der Waals surface area contributed by atoms with Gasteiger partial charge >= 0.3 is 0 Å². The zero-order chi connectivity index (χ0) is 14.1. The first-order valence-electron chi connectivity index (χ1n) is 7.46. The lowest BCUT2D eigenvalue weighted by Gasteiger charge is -2.47. The molecule has 0 aromatic heterocycles. The number of amides is 1. The first kappa shape index (κ1) is 14.1. The number of halogens is 1. The fraction of sp³-hybridized carbons (Fsp3) is 0.562. The molecule has 2 unspecified atom stereocenters. The van der Waals surface area contributed by atoms with Gasteiger partial charge in [0, 0.05) is 35.2 Å². The molecule has 1 aromatic carbocycles. The van der Waals surface area contributed by atoms with Gasteiger partial charge in [-0.15, -0.1) is 0 Å². The van der Waals surface area contributed by atoms with Crippen molar-refractivity contribution in [3.8, 4) is 0 Å². The molecule has 0 saturated carbocycles. The van der Waals surface area contributed by atoms with Crippen LogP contribution in [0.1, 0.15) is 36.5 Å². The third-order valence-electron chi connectivity index (χ3n) is 4.52. The molecule has 1 aromatic rings. The van der Waals surface area contributed by atoms with Crippen molar-refractivity contribution in [3.63, 3.8) is 0 Å². The van der Waals surface area contributed by atoms with Crippen molar-refractivity contribution in [1.82, 2.24) is 9.80 Å². The molecule has 2 saturated heterocycles. The van der Waals surface area contributed by atoms with Crippen LogP contribution < -0.4 is 0 Å². The molecule has 0 aliphatic carbocycles. The summed E-state index contributed by atoms with van der Waals surface area (Å²) in [6, 6.07) is 8.58. The largest absolute Gasteiger partial charge is 0.333 e. The second-order valence-electron chi connectivity index (χ2n) is 5.96. The minimum Gasteiger partial charge on any atom is -0.333 e. The fourth-order valence-corrected chi connectivity index (χ4v) is 3.82. The van der Waals surface area contributed by atoms with Crippen LogP contribution in [0, 0.1) is 0 Å². The number of nitrogens with zero attached hydrogens (tertiary/aromatic N) is 2. The van der Waals surface area contributed by atoms with E-state index in [0.29, 0.717) is 12.1 Å². The number of benzene rings is 1. The van der Waals surface area contributed by atoms with Gasteiger partial charge in [-0.25, -0.2) is 0 Å². The van der Waals surface area contributed by atoms with Gasteiger partial charge in [-0.05, 0) is 44.5 Å². The molecule has 1 amide bonds. The van der Waals surface area contributed by atoms with Gasteiger partial charge in [0.1, 0.15) is 0 Å². The van der Waals surface area contributed by atoms with Gasteiger partial charge in [0.15, 0.2) is 0 Å². The fourth-order valence-electron chi connectivity index (χ4n) is 3.42. The number of hydrogen-bond donors (Lipinski definition) is 0. The maximum atomic E-state index is 12.7. The minimum atomic E-state index is 0.170. The first-order chi connectivity index (χ1) is 9.65. The van der Waals surface area contributed by atoms with Crippen LogP contribution in [0.15, 0.2) is 28.7 Å². The van der Waals surface area contributed by atoms with E-state index in [2.05, 4.69) is 32.7 Å². The summed E-state index contributed by atoms with van der Waals surface area (Å²) in [5, 5.41) is 0. The van der Waals surface area contributed by atoms with E-state index in [9.17, 15) is 4.79 Å². The maximum absolute atomic E-state index is 12.7. The molecular formula is C16H21BrN2O. The Hall–Kier alpha value is -0.870. The van der Waals surface area contributed by atoms with E-state index in [-0.39, 0.29) is 5.91 Å². The predicted octanol–water partition coefficient (Wildman–Crippen LogP) is 3.15. The molecule has 2 aliphatic heterocycles. The van der Waals surface area contributed by atoms with Gasteiger partial charge in [-0.2, -0.15) is 0 Å². The molecule has 2 aliphatic rings.